The second kappa shape index (κ2) is 6.43. The molecule has 1 aliphatic carbocycles. The van der Waals surface area contributed by atoms with Gasteiger partial charge >= 0.3 is 0 Å². The Hall–Kier alpha value is -1.51. The van der Waals surface area contributed by atoms with Crippen LogP contribution in [0.15, 0.2) is 18.2 Å². The van der Waals surface area contributed by atoms with Crippen LogP contribution in [0, 0.1) is 0 Å². The van der Waals surface area contributed by atoms with Gasteiger partial charge in [0.2, 0.25) is 5.91 Å². The van der Waals surface area contributed by atoms with Gasteiger partial charge in [-0.3, -0.25) is 4.79 Å². The summed E-state index contributed by atoms with van der Waals surface area (Å²) in [5.41, 5.74) is 3.96. The maximum absolute atomic E-state index is 11.6. The van der Waals surface area contributed by atoms with Crippen LogP contribution in [0.4, 0.5) is 5.69 Å². The Kier molecular flexibility index (Phi) is 4.62. The molecule has 3 heteroatoms. The zero-order chi connectivity index (χ0) is 12.8. The summed E-state index contributed by atoms with van der Waals surface area (Å²) in [4.78, 5) is 11.6. The minimum Gasteiger partial charge on any atom is -0.376 e. The highest BCUT2D eigenvalue weighted by atomic mass is 16.1. The molecule has 0 heterocycles. The Labute approximate surface area is 109 Å². The Morgan fingerprint density at radius 3 is 2.94 bits per heavy atom. The number of amides is 1. The summed E-state index contributed by atoms with van der Waals surface area (Å²) >= 11 is 0. The molecule has 0 bridgehead atoms. The summed E-state index contributed by atoms with van der Waals surface area (Å²) < 4.78 is 0. The molecule has 0 spiro atoms. The van der Waals surface area contributed by atoms with E-state index in [4.69, 9.17) is 0 Å². The largest absolute Gasteiger partial charge is 0.376 e. The number of benzene rings is 1. The first-order chi connectivity index (χ1) is 8.79. The Morgan fingerprint density at radius 1 is 1.28 bits per heavy atom. The quantitative estimate of drug-likeness (QED) is 0.757. The van der Waals surface area contributed by atoms with Crippen molar-refractivity contribution in [2.45, 2.75) is 39.0 Å². The van der Waals surface area contributed by atoms with Crippen molar-refractivity contribution in [3.8, 4) is 0 Å². The second-order valence-corrected chi connectivity index (χ2v) is 4.89. The minimum atomic E-state index is 0.0731. The number of hydrogen-bond acceptors (Lipinski definition) is 2. The molecular weight excluding hydrogens is 224 g/mol. The summed E-state index contributed by atoms with van der Waals surface area (Å²) in [5.74, 6) is 0.0731. The average molecular weight is 246 g/mol. The number of rotatable bonds is 6. The van der Waals surface area contributed by atoms with E-state index in [9.17, 15) is 4.79 Å². The average Bonchev–Trinajstić information content (AvgIpc) is 2.84. The number of carbonyl (C=O) groups is 1. The summed E-state index contributed by atoms with van der Waals surface area (Å²) in [5, 5.41) is 6.09. The molecular formula is C15H22N2O. The van der Waals surface area contributed by atoms with Crippen molar-refractivity contribution in [3.63, 3.8) is 0 Å². The lowest BCUT2D eigenvalue weighted by Gasteiger charge is -2.09. The highest BCUT2D eigenvalue weighted by Gasteiger charge is 2.10. The summed E-state index contributed by atoms with van der Waals surface area (Å²) in [6, 6.07) is 6.44. The normalized spacial score (nSPS) is 13.2. The van der Waals surface area contributed by atoms with Gasteiger partial charge in [-0.2, -0.15) is 0 Å². The summed E-state index contributed by atoms with van der Waals surface area (Å²) in [7, 11) is 0. The van der Waals surface area contributed by atoms with E-state index in [-0.39, 0.29) is 5.91 Å². The van der Waals surface area contributed by atoms with Crippen molar-refractivity contribution in [2.75, 3.05) is 18.4 Å². The molecule has 98 valence electrons. The number of hydrogen-bond donors (Lipinski definition) is 2. The highest BCUT2D eigenvalue weighted by Crippen LogP contribution is 2.24. The van der Waals surface area contributed by atoms with Gasteiger partial charge in [-0.05, 0) is 48.9 Å². The first-order valence-corrected chi connectivity index (χ1v) is 6.92. The fourth-order valence-electron chi connectivity index (χ4n) is 2.33. The molecule has 2 rings (SSSR count). The number of fused-ring (bicyclic) bond motifs is 1. The van der Waals surface area contributed by atoms with E-state index in [1.807, 2.05) is 0 Å². The van der Waals surface area contributed by atoms with Gasteiger partial charge < -0.3 is 10.6 Å². The van der Waals surface area contributed by atoms with Crippen LogP contribution in [-0.4, -0.2) is 19.0 Å². The molecule has 1 amide bonds. The maximum atomic E-state index is 11.6. The Bertz CT molecular complexity index is 415. The molecule has 0 saturated carbocycles. The first kappa shape index (κ1) is 12.9. The third-order valence-electron chi connectivity index (χ3n) is 3.40. The van der Waals surface area contributed by atoms with Crippen LogP contribution >= 0.6 is 0 Å². The molecule has 0 aliphatic heterocycles. The van der Waals surface area contributed by atoms with Crippen molar-refractivity contribution in [2.24, 2.45) is 0 Å². The van der Waals surface area contributed by atoms with E-state index in [2.05, 4.69) is 35.8 Å². The number of unbranched alkanes of at least 4 members (excludes halogenated alkanes) is 1. The molecule has 2 N–H and O–H groups in total. The molecule has 0 fully saturated rings. The van der Waals surface area contributed by atoms with Gasteiger partial charge in [-0.15, -0.1) is 0 Å². The van der Waals surface area contributed by atoms with Crippen LogP contribution in [-0.2, 0) is 17.6 Å². The molecule has 1 aromatic rings. The standard InChI is InChI=1S/C15H22N2O/c1-2-3-9-16-15(18)11-17-14-8-7-12-5-4-6-13(12)10-14/h7-8,10,17H,2-6,9,11H2,1H3,(H,16,18). The van der Waals surface area contributed by atoms with Gasteiger partial charge in [0, 0.05) is 12.2 Å². The van der Waals surface area contributed by atoms with Crippen LogP contribution in [0.1, 0.15) is 37.3 Å². The van der Waals surface area contributed by atoms with Crippen LogP contribution in [0.2, 0.25) is 0 Å². The number of carbonyl (C=O) groups excluding carboxylic acids is 1. The molecule has 0 saturated heterocycles. The predicted octanol–water partition coefficient (Wildman–Crippen LogP) is 2.50. The van der Waals surface area contributed by atoms with E-state index < -0.39 is 0 Å². The van der Waals surface area contributed by atoms with Gasteiger partial charge in [0.1, 0.15) is 0 Å². The predicted molar refractivity (Wildman–Crippen MR) is 74.9 cm³/mol. The van der Waals surface area contributed by atoms with E-state index in [1.54, 1.807) is 0 Å². The molecule has 3 nitrogen and oxygen atoms in total. The Balaban J connectivity index is 1.78. The number of aryl methyl sites for hydroxylation is 2. The molecule has 0 aromatic heterocycles. The lowest BCUT2D eigenvalue weighted by atomic mass is 10.1. The minimum absolute atomic E-state index is 0.0731. The van der Waals surface area contributed by atoms with Crippen molar-refractivity contribution < 1.29 is 4.79 Å². The van der Waals surface area contributed by atoms with Crippen molar-refractivity contribution in [1.82, 2.24) is 5.32 Å². The van der Waals surface area contributed by atoms with Crippen LogP contribution in [0.5, 0.6) is 0 Å². The monoisotopic (exact) mass is 246 g/mol. The maximum Gasteiger partial charge on any atom is 0.239 e. The fourth-order valence-corrected chi connectivity index (χ4v) is 2.33. The van der Waals surface area contributed by atoms with Crippen LogP contribution in [0.3, 0.4) is 0 Å². The lowest BCUT2D eigenvalue weighted by molar-refractivity contribution is -0.119. The molecule has 18 heavy (non-hydrogen) atoms. The van der Waals surface area contributed by atoms with Gasteiger partial charge in [0.25, 0.3) is 0 Å². The zero-order valence-corrected chi connectivity index (χ0v) is 11.1. The van der Waals surface area contributed by atoms with Gasteiger partial charge in [0.15, 0.2) is 0 Å². The SMILES string of the molecule is CCCCNC(=O)CNc1ccc2c(c1)CCC2. The van der Waals surface area contributed by atoms with E-state index >= 15 is 0 Å². The van der Waals surface area contributed by atoms with Crippen molar-refractivity contribution in [1.29, 1.82) is 0 Å². The molecule has 1 aromatic carbocycles. The van der Waals surface area contributed by atoms with Crippen molar-refractivity contribution >= 4 is 11.6 Å². The molecule has 0 unspecified atom stereocenters. The van der Waals surface area contributed by atoms with E-state index in [0.717, 1.165) is 25.1 Å². The summed E-state index contributed by atoms with van der Waals surface area (Å²) in [6.45, 7) is 3.26. The fraction of sp³-hybridized carbons (Fsp3) is 0.533. The smallest absolute Gasteiger partial charge is 0.239 e. The Morgan fingerprint density at radius 2 is 2.11 bits per heavy atom. The zero-order valence-electron chi connectivity index (χ0n) is 11.1. The highest BCUT2D eigenvalue weighted by molar-refractivity contribution is 5.80. The second-order valence-electron chi connectivity index (χ2n) is 4.89. The topological polar surface area (TPSA) is 41.1 Å². The number of nitrogens with one attached hydrogen (secondary N) is 2. The summed E-state index contributed by atoms with van der Waals surface area (Å²) in [6.07, 6.45) is 5.79. The molecule has 0 atom stereocenters. The van der Waals surface area contributed by atoms with Crippen molar-refractivity contribution in [3.05, 3.63) is 29.3 Å². The molecule has 0 radical (unpaired) electrons. The van der Waals surface area contributed by atoms with Crippen LogP contribution in [0.25, 0.3) is 0 Å². The first-order valence-electron chi connectivity index (χ1n) is 6.92. The third kappa shape index (κ3) is 3.49. The van der Waals surface area contributed by atoms with Crippen LogP contribution < -0.4 is 10.6 Å². The van der Waals surface area contributed by atoms with E-state index in [0.29, 0.717) is 6.54 Å². The third-order valence-corrected chi connectivity index (χ3v) is 3.40. The van der Waals surface area contributed by atoms with Gasteiger partial charge in [0.05, 0.1) is 6.54 Å². The molecule has 1 aliphatic rings. The van der Waals surface area contributed by atoms with E-state index in [1.165, 1.54) is 30.4 Å². The van der Waals surface area contributed by atoms with Gasteiger partial charge in [-0.1, -0.05) is 19.4 Å². The lowest BCUT2D eigenvalue weighted by Crippen LogP contribution is -2.30. The number of anilines is 1. The van der Waals surface area contributed by atoms with Gasteiger partial charge in [-0.25, -0.2) is 0 Å².